The highest BCUT2D eigenvalue weighted by molar-refractivity contribution is 14.1. The third kappa shape index (κ3) is 2.77. The molecule has 1 aromatic carbocycles. The van der Waals surface area contributed by atoms with Gasteiger partial charge in [0.15, 0.2) is 0 Å². The summed E-state index contributed by atoms with van der Waals surface area (Å²) in [7, 11) is 0. The first-order valence-corrected chi connectivity index (χ1v) is 5.16. The molecule has 0 spiro atoms. The van der Waals surface area contributed by atoms with E-state index >= 15 is 0 Å². The van der Waals surface area contributed by atoms with Crippen molar-refractivity contribution in [2.24, 2.45) is 0 Å². The van der Waals surface area contributed by atoms with Crippen molar-refractivity contribution < 1.29 is 4.39 Å². The monoisotopic (exact) mass is 264 g/mol. The van der Waals surface area contributed by atoms with Gasteiger partial charge in [-0.3, -0.25) is 0 Å². The summed E-state index contributed by atoms with van der Waals surface area (Å²) < 4.78 is 14.0. The van der Waals surface area contributed by atoms with E-state index in [4.69, 9.17) is 0 Å². The van der Waals surface area contributed by atoms with Crippen LogP contribution in [0.5, 0.6) is 0 Å². The summed E-state index contributed by atoms with van der Waals surface area (Å²) in [4.78, 5) is 0. The molecule has 0 saturated carbocycles. The maximum Gasteiger partial charge on any atom is 0.126 e. The molecule has 0 N–H and O–H groups in total. The lowest BCUT2D eigenvalue weighted by Crippen LogP contribution is -1.89. The first-order valence-electron chi connectivity index (χ1n) is 3.64. The Morgan fingerprint density at radius 1 is 1.27 bits per heavy atom. The van der Waals surface area contributed by atoms with Crippen molar-refractivity contribution in [3.05, 3.63) is 35.6 Å². The van der Waals surface area contributed by atoms with Crippen LogP contribution >= 0.6 is 22.6 Å². The fourth-order valence-electron chi connectivity index (χ4n) is 0.958. The molecule has 0 radical (unpaired) electrons. The summed E-state index contributed by atoms with van der Waals surface area (Å²) in [5, 5.41) is 0. The van der Waals surface area contributed by atoms with Crippen LogP contribution in [0.2, 0.25) is 0 Å². The third-order valence-electron chi connectivity index (χ3n) is 1.54. The number of alkyl halides is 1. The molecule has 0 saturated heterocycles. The van der Waals surface area contributed by atoms with Gasteiger partial charge in [-0.1, -0.05) is 40.8 Å². The van der Waals surface area contributed by atoms with Crippen molar-refractivity contribution in [3.63, 3.8) is 0 Å². The number of rotatable bonds is 3. The van der Waals surface area contributed by atoms with Gasteiger partial charge in [0.05, 0.1) is 0 Å². The molecule has 0 aliphatic heterocycles. The van der Waals surface area contributed by atoms with Crippen LogP contribution < -0.4 is 0 Å². The molecule has 11 heavy (non-hydrogen) atoms. The quantitative estimate of drug-likeness (QED) is 0.581. The smallest absolute Gasteiger partial charge is 0.126 e. The van der Waals surface area contributed by atoms with Crippen LogP contribution in [0.25, 0.3) is 0 Å². The van der Waals surface area contributed by atoms with Gasteiger partial charge in [-0.25, -0.2) is 4.39 Å². The molecule has 0 heterocycles. The van der Waals surface area contributed by atoms with Gasteiger partial charge in [0.2, 0.25) is 0 Å². The standard InChI is InChI=1S/C9H10FI/c10-9-6-2-1-4-8(9)5-3-7-11/h1-2,4,6H,3,5,7H2. The first kappa shape index (κ1) is 8.97. The molecule has 0 amide bonds. The van der Waals surface area contributed by atoms with Crippen LogP contribution in [0, 0.1) is 5.82 Å². The Balaban J connectivity index is 2.62. The lowest BCUT2D eigenvalue weighted by atomic mass is 10.1. The Morgan fingerprint density at radius 2 is 2.00 bits per heavy atom. The van der Waals surface area contributed by atoms with Crippen molar-refractivity contribution in [3.8, 4) is 0 Å². The summed E-state index contributed by atoms with van der Waals surface area (Å²) in [6.45, 7) is 0. The van der Waals surface area contributed by atoms with Crippen LogP contribution in [0.4, 0.5) is 4.39 Å². The van der Waals surface area contributed by atoms with Gasteiger partial charge in [0.1, 0.15) is 5.82 Å². The largest absolute Gasteiger partial charge is 0.207 e. The number of benzene rings is 1. The highest BCUT2D eigenvalue weighted by atomic mass is 127. The zero-order valence-corrected chi connectivity index (χ0v) is 8.34. The van der Waals surface area contributed by atoms with Crippen LogP contribution in [0.3, 0.4) is 0 Å². The summed E-state index contributed by atoms with van der Waals surface area (Å²) >= 11 is 2.30. The highest BCUT2D eigenvalue weighted by Crippen LogP contribution is 2.09. The Labute approximate surface area is 80.0 Å². The van der Waals surface area contributed by atoms with E-state index in [1.54, 1.807) is 6.07 Å². The second-order valence-electron chi connectivity index (χ2n) is 2.38. The molecule has 0 aliphatic rings. The van der Waals surface area contributed by atoms with E-state index in [9.17, 15) is 4.39 Å². The van der Waals surface area contributed by atoms with Gasteiger partial charge in [0.25, 0.3) is 0 Å². The van der Waals surface area contributed by atoms with E-state index in [1.807, 2.05) is 12.1 Å². The Hall–Kier alpha value is -0.120. The fraction of sp³-hybridized carbons (Fsp3) is 0.333. The van der Waals surface area contributed by atoms with E-state index in [1.165, 1.54) is 6.07 Å². The summed E-state index contributed by atoms with van der Waals surface area (Å²) in [5.41, 5.74) is 0.837. The second kappa shape index (κ2) is 4.70. The molecular weight excluding hydrogens is 254 g/mol. The second-order valence-corrected chi connectivity index (χ2v) is 3.46. The summed E-state index contributed by atoms with van der Waals surface area (Å²) in [5.74, 6) is -0.0719. The zero-order chi connectivity index (χ0) is 8.10. The van der Waals surface area contributed by atoms with Crippen molar-refractivity contribution in [1.82, 2.24) is 0 Å². The average molecular weight is 264 g/mol. The molecule has 0 unspecified atom stereocenters. The number of aryl methyl sites for hydroxylation is 1. The van der Waals surface area contributed by atoms with E-state index in [-0.39, 0.29) is 5.82 Å². The minimum absolute atomic E-state index is 0.0719. The van der Waals surface area contributed by atoms with Crippen molar-refractivity contribution in [2.45, 2.75) is 12.8 Å². The molecule has 2 heteroatoms. The highest BCUT2D eigenvalue weighted by Gasteiger charge is 1.97. The number of hydrogen-bond acceptors (Lipinski definition) is 0. The van der Waals surface area contributed by atoms with E-state index < -0.39 is 0 Å². The first-order chi connectivity index (χ1) is 5.34. The molecule has 0 atom stereocenters. The van der Waals surface area contributed by atoms with Gasteiger partial charge in [-0.05, 0) is 28.9 Å². The maximum absolute atomic E-state index is 12.9. The van der Waals surface area contributed by atoms with Crippen LogP contribution in [-0.2, 0) is 6.42 Å². The van der Waals surface area contributed by atoms with E-state index in [0.717, 1.165) is 22.8 Å². The average Bonchev–Trinajstić information content (AvgIpc) is 2.03. The molecule has 0 nitrogen and oxygen atoms in total. The third-order valence-corrected chi connectivity index (χ3v) is 2.30. The number of hydrogen-bond donors (Lipinski definition) is 0. The van der Waals surface area contributed by atoms with Crippen molar-refractivity contribution in [1.29, 1.82) is 0 Å². The van der Waals surface area contributed by atoms with E-state index in [0.29, 0.717) is 0 Å². The van der Waals surface area contributed by atoms with Crippen LogP contribution in [-0.4, -0.2) is 4.43 Å². The lowest BCUT2D eigenvalue weighted by molar-refractivity contribution is 0.608. The van der Waals surface area contributed by atoms with Gasteiger partial charge < -0.3 is 0 Å². The molecule has 1 rings (SSSR count). The fourth-order valence-corrected chi connectivity index (χ4v) is 1.34. The Morgan fingerprint density at radius 3 is 2.64 bits per heavy atom. The molecule has 0 fully saturated rings. The minimum atomic E-state index is -0.0719. The molecule has 0 aliphatic carbocycles. The SMILES string of the molecule is Fc1ccccc1CCCI. The Kier molecular flexibility index (Phi) is 3.83. The normalized spacial score (nSPS) is 10.0. The van der Waals surface area contributed by atoms with Gasteiger partial charge in [0, 0.05) is 0 Å². The number of halogens is 2. The van der Waals surface area contributed by atoms with E-state index in [2.05, 4.69) is 22.6 Å². The maximum atomic E-state index is 12.9. The Bertz CT molecular complexity index is 223. The summed E-state index contributed by atoms with van der Waals surface area (Å²) in [6.07, 6.45) is 1.91. The zero-order valence-electron chi connectivity index (χ0n) is 6.19. The molecule has 0 bridgehead atoms. The van der Waals surface area contributed by atoms with Crippen LogP contribution in [0.15, 0.2) is 24.3 Å². The van der Waals surface area contributed by atoms with Crippen molar-refractivity contribution in [2.75, 3.05) is 4.43 Å². The minimum Gasteiger partial charge on any atom is -0.207 e. The van der Waals surface area contributed by atoms with Crippen molar-refractivity contribution >= 4 is 22.6 Å². The summed E-state index contributed by atoms with van der Waals surface area (Å²) in [6, 6.07) is 6.97. The predicted molar refractivity (Wildman–Crippen MR) is 53.6 cm³/mol. The molecule has 1 aromatic rings. The van der Waals surface area contributed by atoms with Gasteiger partial charge in [-0.2, -0.15) is 0 Å². The topological polar surface area (TPSA) is 0 Å². The van der Waals surface area contributed by atoms with Gasteiger partial charge >= 0.3 is 0 Å². The molecular formula is C9H10FI. The van der Waals surface area contributed by atoms with Crippen LogP contribution in [0.1, 0.15) is 12.0 Å². The van der Waals surface area contributed by atoms with Gasteiger partial charge in [-0.15, -0.1) is 0 Å². The molecule has 0 aromatic heterocycles. The predicted octanol–water partition coefficient (Wildman–Crippen LogP) is 3.19. The molecule has 60 valence electrons. The lowest BCUT2D eigenvalue weighted by Gasteiger charge is -1.99.